The SMILES string of the molecule is CNCCC#Cc1cnn(C)c1C(=O)OC. The summed E-state index contributed by atoms with van der Waals surface area (Å²) < 4.78 is 6.13. The summed E-state index contributed by atoms with van der Waals surface area (Å²) in [5, 5.41) is 6.97. The van der Waals surface area contributed by atoms with E-state index in [4.69, 9.17) is 0 Å². The Hall–Kier alpha value is -1.80. The van der Waals surface area contributed by atoms with Gasteiger partial charge in [0.1, 0.15) is 0 Å². The predicted octanol–water partition coefficient (Wildman–Crippen LogP) is 0.168. The average Bonchev–Trinajstić information content (AvgIpc) is 2.65. The van der Waals surface area contributed by atoms with E-state index in [1.807, 2.05) is 7.05 Å². The molecule has 5 nitrogen and oxygen atoms in total. The van der Waals surface area contributed by atoms with Crippen LogP contribution in [0.15, 0.2) is 6.20 Å². The maximum absolute atomic E-state index is 11.4. The summed E-state index contributed by atoms with van der Waals surface area (Å²) in [6.07, 6.45) is 2.30. The van der Waals surface area contributed by atoms with Gasteiger partial charge in [-0.1, -0.05) is 11.8 Å². The lowest BCUT2D eigenvalue weighted by molar-refractivity contribution is 0.0588. The van der Waals surface area contributed by atoms with Gasteiger partial charge in [-0.3, -0.25) is 4.68 Å². The van der Waals surface area contributed by atoms with Gasteiger partial charge >= 0.3 is 5.97 Å². The summed E-state index contributed by atoms with van der Waals surface area (Å²) in [7, 11) is 4.89. The number of carbonyl (C=O) groups excluding carboxylic acids is 1. The molecule has 0 unspecified atom stereocenters. The van der Waals surface area contributed by atoms with Crippen LogP contribution in [0.5, 0.6) is 0 Å². The smallest absolute Gasteiger partial charge is 0.357 e. The first-order chi connectivity index (χ1) is 7.70. The number of aromatic nitrogens is 2. The van der Waals surface area contributed by atoms with Crippen LogP contribution in [0, 0.1) is 11.8 Å². The van der Waals surface area contributed by atoms with Crippen molar-refractivity contribution < 1.29 is 9.53 Å². The van der Waals surface area contributed by atoms with E-state index in [9.17, 15) is 4.79 Å². The van der Waals surface area contributed by atoms with Gasteiger partial charge in [0, 0.05) is 20.0 Å². The highest BCUT2D eigenvalue weighted by atomic mass is 16.5. The van der Waals surface area contributed by atoms with Crippen LogP contribution in [0.3, 0.4) is 0 Å². The summed E-state index contributed by atoms with van der Waals surface area (Å²) >= 11 is 0. The molecule has 0 saturated carbocycles. The van der Waals surface area contributed by atoms with Crippen molar-refractivity contribution in [3.8, 4) is 11.8 Å². The second-order valence-corrected chi connectivity index (χ2v) is 3.18. The predicted molar refractivity (Wildman–Crippen MR) is 60.0 cm³/mol. The first-order valence-electron chi connectivity index (χ1n) is 4.94. The molecule has 86 valence electrons. The maximum Gasteiger partial charge on any atom is 0.357 e. The second-order valence-electron chi connectivity index (χ2n) is 3.18. The van der Waals surface area contributed by atoms with Gasteiger partial charge in [-0.05, 0) is 7.05 Å². The minimum Gasteiger partial charge on any atom is -0.464 e. The molecule has 0 aliphatic heterocycles. The average molecular weight is 221 g/mol. The number of hydrogen-bond donors (Lipinski definition) is 1. The van der Waals surface area contributed by atoms with Gasteiger partial charge in [0.25, 0.3) is 0 Å². The zero-order valence-electron chi connectivity index (χ0n) is 9.70. The molecule has 1 heterocycles. The van der Waals surface area contributed by atoms with Crippen LogP contribution in [0.1, 0.15) is 22.5 Å². The molecule has 0 spiro atoms. The number of rotatable bonds is 3. The van der Waals surface area contributed by atoms with Crippen LogP contribution < -0.4 is 5.32 Å². The Morgan fingerprint density at radius 1 is 1.69 bits per heavy atom. The summed E-state index contributed by atoms with van der Waals surface area (Å²) in [5.74, 6) is 5.45. The topological polar surface area (TPSA) is 56.2 Å². The van der Waals surface area contributed by atoms with Crippen molar-refractivity contribution >= 4 is 5.97 Å². The van der Waals surface area contributed by atoms with Crippen LogP contribution in [-0.2, 0) is 11.8 Å². The van der Waals surface area contributed by atoms with E-state index < -0.39 is 5.97 Å². The summed E-state index contributed by atoms with van der Waals surface area (Å²) in [6.45, 7) is 0.820. The van der Waals surface area contributed by atoms with Gasteiger partial charge < -0.3 is 10.1 Å². The van der Waals surface area contributed by atoms with Gasteiger partial charge in [0.05, 0.1) is 18.9 Å². The van der Waals surface area contributed by atoms with Crippen molar-refractivity contribution in [2.24, 2.45) is 7.05 Å². The number of hydrogen-bond acceptors (Lipinski definition) is 4. The molecule has 0 fully saturated rings. The molecule has 0 radical (unpaired) electrons. The lowest BCUT2D eigenvalue weighted by Gasteiger charge is -1.99. The van der Waals surface area contributed by atoms with Gasteiger partial charge in [-0.25, -0.2) is 4.79 Å². The van der Waals surface area contributed by atoms with Crippen LogP contribution in [-0.4, -0.2) is 36.5 Å². The third kappa shape index (κ3) is 2.84. The van der Waals surface area contributed by atoms with Crippen molar-refractivity contribution in [3.63, 3.8) is 0 Å². The van der Waals surface area contributed by atoms with Crippen molar-refractivity contribution in [2.75, 3.05) is 20.7 Å². The van der Waals surface area contributed by atoms with E-state index in [1.54, 1.807) is 13.2 Å². The van der Waals surface area contributed by atoms with Gasteiger partial charge in [0.2, 0.25) is 0 Å². The molecule has 0 bridgehead atoms. The molecule has 1 aromatic heterocycles. The Kier molecular flexibility index (Phi) is 4.55. The number of nitrogens with one attached hydrogen (secondary N) is 1. The fourth-order valence-electron chi connectivity index (χ4n) is 1.21. The number of aryl methyl sites for hydroxylation is 1. The molecule has 0 saturated heterocycles. The van der Waals surface area contributed by atoms with Crippen LogP contribution in [0.25, 0.3) is 0 Å². The minimum atomic E-state index is -0.419. The van der Waals surface area contributed by atoms with E-state index in [0.717, 1.165) is 13.0 Å². The molecule has 1 N–H and O–H groups in total. The summed E-state index contributed by atoms with van der Waals surface area (Å²) in [4.78, 5) is 11.4. The van der Waals surface area contributed by atoms with Crippen LogP contribution >= 0.6 is 0 Å². The van der Waals surface area contributed by atoms with Crippen molar-refractivity contribution in [3.05, 3.63) is 17.5 Å². The number of ether oxygens (including phenoxy) is 1. The van der Waals surface area contributed by atoms with E-state index in [-0.39, 0.29) is 0 Å². The Morgan fingerprint density at radius 2 is 2.44 bits per heavy atom. The molecule has 0 aliphatic carbocycles. The lowest BCUT2D eigenvalue weighted by atomic mass is 10.2. The highest BCUT2D eigenvalue weighted by Gasteiger charge is 2.15. The van der Waals surface area contributed by atoms with Crippen LogP contribution in [0.2, 0.25) is 0 Å². The van der Waals surface area contributed by atoms with E-state index in [0.29, 0.717) is 11.3 Å². The first-order valence-corrected chi connectivity index (χ1v) is 4.94. The highest BCUT2D eigenvalue weighted by molar-refractivity contribution is 5.90. The zero-order valence-corrected chi connectivity index (χ0v) is 9.70. The Morgan fingerprint density at radius 3 is 3.06 bits per heavy atom. The number of esters is 1. The van der Waals surface area contributed by atoms with Gasteiger partial charge in [-0.15, -0.1) is 0 Å². The molecule has 16 heavy (non-hydrogen) atoms. The van der Waals surface area contributed by atoms with Gasteiger partial charge in [0.15, 0.2) is 5.69 Å². The van der Waals surface area contributed by atoms with E-state index >= 15 is 0 Å². The molecule has 1 rings (SSSR count). The van der Waals surface area contributed by atoms with Crippen LogP contribution in [0.4, 0.5) is 0 Å². The molecule has 0 aromatic carbocycles. The maximum atomic E-state index is 11.4. The standard InChI is InChI=1S/C11H15N3O2/c1-12-7-5-4-6-9-8-13-14(2)10(9)11(15)16-3/h8,12H,5,7H2,1-3H3. The number of nitrogens with zero attached hydrogens (tertiary/aromatic N) is 2. The molecular weight excluding hydrogens is 206 g/mol. The molecule has 5 heteroatoms. The monoisotopic (exact) mass is 221 g/mol. The minimum absolute atomic E-state index is 0.388. The van der Waals surface area contributed by atoms with E-state index in [2.05, 4.69) is 27.0 Å². The third-order valence-corrected chi connectivity index (χ3v) is 2.04. The molecule has 1 aromatic rings. The third-order valence-electron chi connectivity index (χ3n) is 2.04. The summed E-state index contributed by atoms with van der Waals surface area (Å²) in [5.41, 5.74) is 0.991. The number of carbonyl (C=O) groups is 1. The van der Waals surface area contributed by atoms with Crippen molar-refractivity contribution in [1.29, 1.82) is 0 Å². The Balaban J connectivity index is 2.87. The van der Waals surface area contributed by atoms with Crippen molar-refractivity contribution in [2.45, 2.75) is 6.42 Å². The van der Waals surface area contributed by atoms with E-state index in [1.165, 1.54) is 11.8 Å². The summed E-state index contributed by atoms with van der Waals surface area (Å²) in [6, 6.07) is 0. The molecular formula is C11H15N3O2. The fourth-order valence-corrected chi connectivity index (χ4v) is 1.21. The highest BCUT2D eigenvalue weighted by Crippen LogP contribution is 2.07. The fraction of sp³-hybridized carbons (Fsp3) is 0.455. The normalized spacial score (nSPS) is 9.44. The first kappa shape index (κ1) is 12.3. The lowest BCUT2D eigenvalue weighted by Crippen LogP contribution is -2.10. The zero-order chi connectivity index (χ0) is 12.0. The Bertz CT molecular complexity index is 426. The van der Waals surface area contributed by atoms with Crippen molar-refractivity contribution in [1.82, 2.24) is 15.1 Å². The number of methoxy groups -OCH3 is 1. The largest absolute Gasteiger partial charge is 0.464 e. The van der Waals surface area contributed by atoms with Gasteiger partial charge in [-0.2, -0.15) is 5.10 Å². The molecule has 0 amide bonds. The second kappa shape index (κ2) is 5.93. The Labute approximate surface area is 94.8 Å². The molecule has 0 atom stereocenters. The quantitative estimate of drug-likeness (QED) is 0.449. The molecule has 0 aliphatic rings.